The van der Waals surface area contributed by atoms with Gasteiger partial charge < -0.3 is 0 Å². The summed E-state index contributed by atoms with van der Waals surface area (Å²) in [7, 11) is 0. The van der Waals surface area contributed by atoms with Gasteiger partial charge in [-0.15, -0.1) is 11.3 Å². The fourth-order valence-electron chi connectivity index (χ4n) is 2.24. The Balaban J connectivity index is 1.67. The number of thioether (sulfide) groups is 1. The van der Waals surface area contributed by atoms with Crippen LogP contribution in [0.25, 0.3) is 10.2 Å². The molecule has 0 aliphatic heterocycles. The van der Waals surface area contributed by atoms with E-state index in [4.69, 9.17) is 0 Å². The Hall–Kier alpha value is -1.32. The number of hydrogen-bond donors (Lipinski definition) is 0. The van der Waals surface area contributed by atoms with Gasteiger partial charge in [0.05, 0.1) is 10.2 Å². The van der Waals surface area contributed by atoms with Crippen LogP contribution in [0.15, 0.2) is 52.9 Å². The van der Waals surface area contributed by atoms with Crippen molar-refractivity contribution >= 4 is 33.3 Å². The number of para-hydroxylation sites is 1. The van der Waals surface area contributed by atoms with Crippen LogP contribution >= 0.6 is 23.1 Å². The van der Waals surface area contributed by atoms with Crippen molar-refractivity contribution in [1.29, 1.82) is 0 Å². The maximum absolute atomic E-state index is 4.67. The zero-order chi connectivity index (χ0) is 14.7. The Morgan fingerprint density at radius 1 is 1.10 bits per heavy atom. The highest BCUT2D eigenvalue weighted by Crippen LogP contribution is 2.31. The minimum atomic E-state index is 0.649. The summed E-state index contributed by atoms with van der Waals surface area (Å²) in [6.07, 6.45) is 1.19. The lowest BCUT2D eigenvalue weighted by atomic mass is 9.98. The standard InChI is InChI=1S/C18H19NS2/c1-3-13(2)15-10-8-14(9-11-15)12-20-18-19-16-6-4-5-7-17(16)21-18/h4-11,13H,3,12H2,1-2H3. The van der Waals surface area contributed by atoms with E-state index < -0.39 is 0 Å². The quantitative estimate of drug-likeness (QED) is 0.528. The minimum absolute atomic E-state index is 0.649. The molecule has 0 aliphatic carbocycles. The second-order valence-corrected chi connectivity index (χ2v) is 7.54. The lowest BCUT2D eigenvalue weighted by Crippen LogP contribution is -1.91. The fraction of sp³-hybridized carbons (Fsp3) is 0.278. The number of thiazole rings is 1. The minimum Gasteiger partial charge on any atom is -0.230 e. The van der Waals surface area contributed by atoms with Crippen molar-refractivity contribution in [2.45, 2.75) is 36.3 Å². The Morgan fingerprint density at radius 3 is 2.57 bits per heavy atom. The van der Waals surface area contributed by atoms with Gasteiger partial charge in [0.1, 0.15) is 0 Å². The van der Waals surface area contributed by atoms with Crippen LogP contribution in [0.4, 0.5) is 0 Å². The first kappa shape index (κ1) is 14.6. The smallest absolute Gasteiger partial charge is 0.151 e. The monoisotopic (exact) mass is 313 g/mol. The highest BCUT2D eigenvalue weighted by molar-refractivity contribution is 8.00. The molecule has 1 heterocycles. The van der Waals surface area contributed by atoms with Crippen LogP contribution in [0.1, 0.15) is 37.3 Å². The first-order valence-corrected chi connectivity index (χ1v) is 9.13. The molecule has 2 aromatic carbocycles. The summed E-state index contributed by atoms with van der Waals surface area (Å²) in [5, 5.41) is 0. The summed E-state index contributed by atoms with van der Waals surface area (Å²) in [5.74, 6) is 1.64. The van der Waals surface area contributed by atoms with Crippen molar-refractivity contribution < 1.29 is 0 Å². The van der Waals surface area contributed by atoms with E-state index in [2.05, 4.69) is 61.3 Å². The summed E-state index contributed by atoms with van der Waals surface area (Å²) in [6, 6.07) is 17.4. The Bertz CT molecular complexity index is 682. The normalized spacial score (nSPS) is 12.7. The Morgan fingerprint density at radius 2 is 1.86 bits per heavy atom. The summed E-state index contributed by atoms with van der Waals surface area (Å²) < 4.78 is 2.43. The Kier molecular flexibility index (Phi) is 4.61. The summed E-state index contributed by atoms with van der Waals surface area (Å²) in [6.45, 7) is 4.52. The van der Waals surface area contributed by atoms with E-state index in [0.717, 1.165) is 15.6 Å². The largest absolute Gasteiger partial charge is 0.230 e. The number of nitrogens with zero attached hydrogens (tertiary/aromatic N) is 1. The van der Waals surface area contributed by atoms with Crippen LogP contribution in [0.3, 0.4) is 0 Å². The van der Waals surface area contributed by atoms with Crippen LogP contribution < -0.4 is 0 Å². The average molecular weight is 313 g/mol. The van der Waals surface area contributed by atoms with Gasteiger partial charge in [0.25, 0.3) is 0 Å². The molecule has 0 spiro atoms. The molecule has 0 amide bonds. The summed E-state index contributed by atoms with van der Waals surface area (Å²) in [4.78, 5) is 4.67. The maximum Gasteiger partial charge on any atom is 0.151 e. The van der Waals surface area contributed by atoms with E-state index in [1.807, 2.05) is 17.8 Å². The molecule has 21 heavy (non-hydrogen) atoms. The van der Waals surface area contributed by atoms with E-state index >= 15 is 0 Å². The fourth-order valence-corrected chi connectivity index (χ4v) is 4.26. The molecule has 1 nitrogen and oxygen atoms in total. The molecule has 0 saturated carbocycles. The third-order valence-corrected chi connectivity index (χ3v) is 6.05. The lowest BCUT2D eigenvalue weighted by molar-refractivity contribution is 0.733. The highest BCUT2D eigenvalue weighted by atomic mass is 32.2. The predicted octanol–water partition coefficient (Wildman–Crippen LogP) is 6.10. The van der Waals surface area contributed by atoms with Gasteiger partial charge in [-0.1, -0.05) is 62.0 Å². The maximum atomic E-state index is 4.67. The second kappa shape index (κ2) is 6.63. The number of rotatable bonds is 5. The molecule has 3 aromatic rings. The molecule has 0 radical (unpaired) electrons. The zero-order valence-corrected chi connectivity index (χ0v) is 14.0. The molecule has 0 fully saturated rings. The molecule has 0 saturated heterocycles. The SMILES string of the molecule is CCC(C)c1ccc(CSc2nc3ccccc3s2)cc1. The number of fused-ring (bicyclic) bond motifs is 1. The third-order valence-electron chi connectivity index (χ3n) is 3.80. The van der Waals surface area contributed by atoms with Gasteiger partial charge in [-0.2, -0.15) is 0 Å². The Labute approximate surface area is 134 Å². The first-order valence-electron chi connectivity index (χ1n) is 7.33. The average Bonchev–Trinajstić information content (AvgIpc) is 2.95. The van der Waals surface area contributed by atoms with Gasteiger partial charge in [-0.25, -0.2) is 4.98 Å². The molecular weight excluding hydrogens is 294 g/mol. The lowest BCUT2D eigenvalue weighted by Gasteiger charge is -2.09. The van der Waals surface area contributed by atoms with Gasteiger partial charge in [-0.3, -0.25) is 0 Å². The topological polar surface area (TPSA) is 12.9 Å². The van der Waals surface area contributed by atoms with Crippen molar-refractivity contribution in [2.75, 3.05) is 0 Å². The van der Waals surface area contributed by atoms with Crippen molar-refractivity contribution in [3.8, 4) is 0 Å². The molecule has 0 bridgehead atoms. The highest BCUT2D eigenvalue weighted by Gasteiger charge is 2.05. The van der Waals surface area contributed by atoms with E-state index in [-0.39, 0.29) is 0 Å². The molecule has 1 unspecified atom stereocenters. The van der Waals surface area contributed by atoms with Gasteiger partial charge >= 0.3 is 0 Å². The van der Waals surface area contributed by atoms with E-state index in [1.165, 1.54) is 22.2 Å². The van der Waals surface area contributed by atoms with E-state index in [0.29, 0.717) is 5.92 Å². The van der Waals surface area contributed by atoms with E-state index in [1.54, 1.807) is 11.3 Å². The van der Waals surface area contributed by atoms with Gasteiger partial charge in [0, 0.05) is 5.75 Å². The van der Waals surface area contributed by atoms with Gasteiger partial charge in [-0.05, 0) is 35.6 Å². The van der Waals surface area contributed by atoms with Crippen LogP contribution in [0, 0.1) is 0 Å². The van der Waals surface area contributed by atoms with Crippen LogP contribution in [-0.2, 0) is 5.75 Å². The van der Waals surface area contributed by atoms with Crippen molar-refractivity contribution in [3.63, 3.8) is 0 Å². The third kappa shape index (κ3) is 3.47. The molecule has 1 aromatic heterocycles. The molecule has 3 rings (SSSR count). The summed E-state index contributed by atoms with van der Waals surface area (Å²) >= 11 is 3.61. The van der Waals surface area contributed by atoms with Crippen LogP contribution in [-0.4, -0.2) is 4.98 Å². The first-order chi connectivity index (χ1) is 10.3. The molecule has 3 heteroatoms. The molecule has 1 atom stereocenters. The van der Waals surface area contributed by atoms with Crippen molar-refractivity contribution in [1.82, 2.24) is 4.98 Å². The van der Waals surface area contributed by atoms with E-state index in [9.17, 15) is 0 Å². The summed E-state index contributed by atoms with van der Waals surface area (Å²) in [5.41, 5.74) is 3.91. The van der Waals surface area contributed by atoms with Crippen LogP contribution in [0.5, 0.6) is 0 Å². The molecule has 108 valence electrons. The zero-order valence-electron chi connectivity index (χ0n) is 12.4. The predicted molar refractivity (Wildman–Crippen MR) is 94.3 cm³/mol. The molecular formula is C18H19NS2. The van der Waals surface area contributed by atoms with Gasteiger partial charge in [0.2, 0.25) is 0 Å². The number of aromatic nitrogens is 1. The van der Waals surface area contributed by atoms with Crippen molar-refractivity contribution in [3.05, 3.63) is 59.7 Å². The molecule has 0 aliphatic rings. The van der Waals surface area contributed by atoms with Crippen molar-refractivity contribution in [2.24, 2.45) is 0 Å². The molecule has 0 N–H and O–H groups in total. The van der Waals surface area contributed by atoms with Gasteiger partial charge in [0.15, 0.2) is 4.34 Å². The number of benzene rings is 2. The second-order valence-electron chi connectivity index (χ2n) is 5.29. The number of hydrogen-bond acceptors (Lipinski definition) is 3. The van der Waals surface area contributed by atoms with Crippen LogP contribution in [0.2, 0.25) is 0 Å².